The molecule has 44 heavy (non-hydrogen) atoms. The Balaban J connectivity index is 1.01. The van der Waals surface area contributed by atoms with Crippen LogP contribution in [0.25, 0.3) is 11.3 Å². The summed E-state index contributed by atoms with van der Waals surface area (Å²) in [6.07, 6.45) is 7.71. The number of anilines is 3. The van der Waals surface area contributed by atoms with Crippen molar-refractivity contribution in [2.45, 2.75) is 50.0 Å². The molecular weight excluding hydrogens is 673 g/mol. The average Bonchev–Trinajstić information content (AvgIpc) is 3.29. The average molecular weight is 708 g/mol. The highest BCUT2D eigenvalue weighted by Gasteiger charge is 2.41. The smallest absolute Gasteiger partial charge is 0.215 e. The fraction of sp³-hybridized carbons (Fsp3) is 0.375. The number of para-hydroxylation sites is 1. The van der Waals surface area contributed by atoms with Crippen molar-refractivity contribution in [3.8, 4) is 28.6 Å². The molecule has 228 valence electrons. The molecule has 0 spiro atoms. The highest BCUT2D eigenvalue weighted by molar-refractivity contribution is 14.1. The van der Waals surface area contributed by atoms with Crippen molar-refractivity contribution in [2.75, 3.05) is 42.5 Å². The quantitative estimate of drug-likeness (QED) is 0.137. The molecule has 3 aliphatic rings. The van der Waals surface area contributed by atoms with Crippen LogP contribution in [0, 0.1) is 3.70 Å². The number of fused-ring (bicyclic) bond motifs is 2. The van der Waals surface area contributed by atoms with Crippen molar-refractivity contribution in [3.63, 3.8) is 0 Å². The number of halogens is 1. The minimum atomic E-state index is 0.0921. The van der Waals surface area contributed by atoms with Gasteiger partial charge in [-0.3, -0.25) is 0 Å². The second kappa shape index (κ2) is 12.6. The Morgan fingerprint density at radius 3 is 2.50 bits per heavy atom. The summed E-state index contributed by atoms with van der Waals surface area (Å²) in [5.74, 6) is 2.57. The van der Waals surface area contributed by atoms with Gasteiger partial charge in [-0.05, 0) is 71.8 Å². The molecule has 5 heterocycles. The van der Waals surface area contributed by atoms with E-state index in [1.807, 2.05) is 48.7 Å². The number of methoxy groups -OCH3 is 1. The number of nitrogens with two attached hydrogens (primary N) is 1. The molecule has 2 aliphatic heterocycles. The fourth-order valence-corrected chi connectivity index (χ4v) is 6.67. The van der Waals surface area contributed by atoms with Crippen LogP contribution in [0.5, 0.6) is 17.4 Å². The van der Waals surface area contributed by atoms with Crippen molar-refractivity contribution in [1.29, 1.82) is 0 Å². The van der Waals surface area contributed by atoms with Gasteiger partial charge in [0.15, 0.2) is 12.6 Å². The topological polar surface area (TPSA) is 121 Å². The zero-order valence-corrected chi connectivity index (χ0v) is 26.5. The van der Waals surface area contributed by atoms with Crippen LogP contribution in [-0.4, -0.2) is 71.4 Å². The van der Waals surface area contributed by atoms with Crippen molar-refractivity contribution in [1.82, 2.24) is 20.2 Å². The lowest BCUT2D eigenvalue weighted by atomic mass is 9.92. The number of hydrogen-bond acceptors (Lipinski definition) is 11. The van der Waals surface area contributed by atoms with Gasteiger partial charge in [-0.2, -0.15) is 0 Å². The van der Waals surface area contributed by atoms with Crippen LogP contribution >= 0.6 is 22.6 Å². The summed E-state index contributed by atoms with van der Waals surface area (Å²) in [6, 6.07) is 18.5. The first-order chi connectivity index (χ1) is 21.5. The molecule has 7 rings (SSSR count). The maximum Gasteiger partial charge on any atom is 0.215 e. The molecule has 2 N–H and O–H groups in total. The van der Waals surface area contributed by atoms with Gasteiger partial charge in [-0.25, -0.2) is 9.97 Å². The van der Waals surface area contributed by atoms with E-state index in [9.17, 15) is 0 Å². The highest BCUT2D eigenvalue weighted by Crippen LogP contribution is 2.40. The molecule has 1 aliphatic carbocycles. The lowest BCUT2D eigenvalue weighted by molar-refractivity contribution is 0.00209. The zero-order chi connectivity index (χ0) is 30.0. The lowest BCUT2D eigenvalue weighted by Gasteiger charge is -2.43. The van der Waals surface area contributed by atoms with Crippen LogP contribution in [0.4, 0.5) is 17.2 Å². The largest absolute Gasteiger partial charge is 0.489 e. The highest BCUT2D eigenvalue weighted by atomic mass is 127. The standard InChI is InChI=1S/C32H34IN7O4/c1-41-19-42-29-5-3-2-4-26(29)27-15-28(32(34)38-37-27)39-17-21-6-7-22(18-39)40(21)20-10-11-35-31(12-20)44-25-13-24(14-25)43-23-8-9-30(33)36-16-23/h2-5,8-12,15-16,21-22,24-25H,6-7,13-14,17-19H2,1H3,(H2,34,38)/t21-,22-,24?,25?/m1/s1. The van der Waals surface area contributed by atoms with Gasteiger partial charge in [0, 0.05) is 68.6 Å². The number of ether oxygens (including phenoxy) is 4. The van der Waals surface area contributed by atoms with E-state index in [1.54, 1.807) is 13.3 Å². The Labute approximate surface area is 269 Å². The van der Waals surface area contributed by atoms with E-state index < -0.39 is 0 Å². The van der Waals surface area contributed by atoms with Crippen LogP contribution in [0.1, 0.15) is 25.7 Å². The normalized spacial score (nSPS) is 22.4. The maximum atomic E-state index is 6.40. The van der Waals surface area contributed by atoms with Gasteiger partial charge in [0.1, 0.15) is 27.4 Å². The number of nitrogen functional groups attached to an aromatic ring is 1. The van der Waals surface area contributed by atoms with Crippen LogP contribution in [0.2, 0.25) is 0 Å². The van der Waals surface area contributed by atoms with E-state index in [1.165, 1.54) is 0 Å². The first-order valence-corrected chi connectivity index (χ1v) is 15.9. The lowest BCUT2D eigenvalue weighted by Crippen LogP contribution is -2.54. The van der Waals surface area contributed by atoms with E-state index >= 15 is 0 Å². The predicted octanol–water partition coefficient (Wildman–Crippen LogP) is 4.95. The van der Waals surface area contributed by atoms with Gasteiger partial charge in [0.05, 0.1) is 17.6 Å². The molecule has 1 saturated carbocycles. The summed E-state index contributed by atoms with van der Waals surface area (Å²) in [4.78, 5) is 13.7. The fourth-order valence-electron chi connectivity index (χ4n) is 6.35. The third-order valence-electron chi connectivity index (χ3n) is 8.48. The summed E-state index contributed by atoms with van der Waals surface area (Å²) in [7, 11) is 1.60. The van der Waals surface area contributed by atoms with Crippen LogP contribution < -0.4 is 29.7 Å². The van der Waals surface area contributed by atoms with Crippen molar-refractivity contribution in [2.24, 2.45) is 0 Å². The van der Waals surface area contributed by atoms with E-state index in [-0.39, 0.29) is 19.0 Å². The maximum absolute atomic E-state index is 6.40. The molecule has 3 fully saturated rings. The zero-order valence-electron chi connectivity index (χ0n) is 24.4. The van der Waals surface area contributed by atoms with Crippen LogP contribution in [0.3, 0.4) is 0 Å². The molecule has 0 radical (unpaired) electrons. The van der Waals surface area contributed by atoms with Crippen LogP contribution in [-0.2, 0) is 4.74 Å². The summed E-state index contributed by atoms with van der Waals surface area (Å²) >= 11 is 2.19. The first kappa shape index (κ1) is 28.8. The molecule has 4 aromatic rings. The molecule has 2 bridgehead atoms. The Hall–Kier alpha value is -3.91. The van der Waals surface area contributed by atoms with Crippen molar-refractivity contribution in [3.05, 3.63) is 70.7 Å². The molecule has 0 amide bonds. The number of piperazine rings is 1. The molecule has 3 aromatic heterocycles. The van der Waals surface area contributed by atoms with Crippen molar-refractivity contribution >= 4 is 39.8 Å². The molecule has 0 unspecified atom stereocenters. The minimum Gasteiger partial charge on any atom is -0.489 e. The van der Waals surface area contributed by atoms with E-state index in [2.05, 4.69) is 64.7 Å². The minimum absolute atomic E-state index is 0.0921. The number of benzene rings is 1. The summed E-state index contributed by atoms with van der Waals surface area (Å²) < 4.78 is 24.1. The number of hydrogen-bond donors (Lipinski definition) is 1. The third-order valence-corrected chi connectivity index (χ3v) is 9.12. The molecule has 2 atom stereocenters. The monoisotopic (exact) mass is 707 g/mol. The summed E-state index contributed by atoms with van der Waals surface area (Å²) in [5.41, 5.74) is 10.0. The number of nitrogens with zero attached hydrogens (tertiary/aromatic N) is 6. The van der Waals surface area contributed by atoms with E-state index in [0.29, 0.717) is 35.2 Å². The Kier molecular flexibility index (Phi) is 8.26. The summed E-state index contributed by atoms with van der Waals surface area (Å²) in [6.45, 7) is 1.82. The van der Waals surface area contributed by atoms with Gasteiger partial charge in [0.2, 0.25) is 5.88 Å². The second-order valence-corrected chi connectivity index (χ2v) is 12.5. The SMILES string of the molecule is COCOc1ccccc1-c1cc(N2C[C@H]3CC[C@H](C2)N3c2ccnc(OC3CC(Oc4ccc(I)nc4)C3)c2)c(N)nn1. The summed E-state index contributed by atoms with van der Waals surface area (Å²) in [5, 5.41) is 8.73. The van der Waals surface area contributed by atoms with Crippen molar-refractivity contribution < 1.29 is 18.9 Å². The Morgan fingerprint density at radius 1 is 0.932 bits per heavy atom. The van der Waals surface area contributed by atoms with Gasteiger partial charge < -0.3 is 34.5 Å². The number of rotatable bonds is 10. The van der Waals surface area contributed by atoms with Gasteiger partial charge in [0.25, 0.3) is 0 Å². The molecule has 12 heteroatoms. The third kappa shape index (κ3) is 6.05. The molecule has 11 nitrogen and oxygen atoms in total. The van der Waals surface area contributed by atoms with Gasteiger partial charge in [-0.15, -0.1) is 10.2 Å². The van der Waals surface area contributed by atoms with Crippen LogP contribution in [0.15, 0.2) is 67.0 Å². The van der Waals surface area contributed by atoms with E-state index in [0.717, 1.165) is 65.2 Å². The molecule has 2 saturated heterocycles. The first-order valence-electron chi connectivity index (χ1n) is 14.8. The Bertz CT molecular complexity index is 1590. The molecular formula is C32H34IN7O4. The van der Waals surface area contributed by atoms with E-state index in [4.69, 9.17) is 24.7 Å². The predicted molar refractivity (Wildman–Crippen MR) is 175 cm³/mol. The second-order valence-electron chi connectivity index (χ2n) is 11.4. The molecule has 1 aromatic carbocycles. The Morgan fingerprint density at radius 2 is 1.73 bits per heavy atom. The van der Waals surface area contributed by atoms with Gasteiger partial charge in [-0.1, -0.05) is 12.1 Å². The number of pyridine rings is 2. The van der Waals surface area contributed by atoms with Gasteiger partial charge >= 0.3 is 0 Å². The number of aromatic nitrogens is 4.